The monoisotopic (exact) mass is 383 g/mol. The molecule has 142 valence electrons. The van der Waals surface area contributed by atoms with Crippen LogP contribution in [-0.2, 0) is 11.3 Å². The smallest absolute Gasteiger partial charge is 0.247 e. The molecule has 3 saturated heterocycles. The molecule has 3 fully saturated rings. The van der Waals surface area contributed by atoms with Crippen molar-refractivity contribution in [3.8, 4) is 10.4 Å². The lowest BCUT2D eigenvalue weighted by atomic mass is 10.1. The summed E-state index contributed by atoms with van der Waals surface area (Å²) >= 11 is 1.62. The van der Waals surface area contributed by atoms with Crippen LogP contribution in [0.4, 0.5) is 5.13 Å². The summed E-state index contributed by atoms with van der Waals surface area (Å²) in [5.41, 5.74) is 2.54. The second-order valence-corrected chi connectivity index (χ2v) is 8.59. The molecule has 1 atom stereocenters. The van der Waals surface area contributed by atoms with Crippen molar-refractivity contribution < 1.29 is 4.79 Å². The van der Waals surface area contributed by atoms with Gasteiger partial charge in [0, 0.05) is 45.5 Å². The van der Waals surface area contributed by atoms with Gasteiger partial charge in [-0.2, -0.15) is 0 Å². The highest BCUT2D eigenvalue weighted by Crippen LogP contribution is 2.33. The van der Waals surface area contributed by atoms with E-state index in [9.17, 15) is 4.79 Å². The van der Waals surface area contributed by atoms with Gasteiger partial charge in [0.25, 0.3) is 0 Å². The fraction of sp³-hybridized carbons (Fsp3) is 0.500. The Labute approximate surface area is 163 Å². The van der Waals surface area contributed by atoms with E-state index in [2.05, 4.69) is 44.4 Å². The first-order chi connectivity index (χ1) is 13.3. The molecule has 1 N–H and O–H groups in total. The molecular formula is C20H25N5OS. The van der Waals surface area contributed by atoms with Crippen LogP contribution in [0.3, 0.4) is 0 Å². The lowest BCUT2D eigenvalue weighted by molar-refractivity contribution is -0.126. The third kappa shape index (κ3) is 3.40. The van der Waals surface area contributed by atoms with E-state index >= 15 is 0 Å². The van der Waals surface area contributed by atoms with Gasteiger partial charge in [-0.15, -0.1) is 0 Å². The number of carbonyl (C=O) groups is 1. The highest BCUT2D eigenvalue weighted by molar-refractivity contribution is 7.19. The number of thiazole rings is 1. The van der Waals surface area contributed by atoms with E-state index in [0.29, 0.717) is 0 Å². The number of anilines is 1. The zero-order chi connectivity index (χ0) is 18.2. The van der Waals surface area contributed by atoms with E-state index in [-0.39, 0.29) is 11.9 Å². The maximum Gasteiger partial charge on any atom is 0.247 e. The molecule has 0 unspecified atom stereocenters. The number of amides is 1. The van der Waals surface area contributed by atoms with Crippen molar-refractivity contribution in [1.29, 1.82) is 0 Å². The van der Waals surface area contributed by atoms with Crippen LogP contribution in [0.15, 0.2) is 30.5 Å². The highest BCUT2D eigenvalue weighted by atomic mass is 32.1. The lowest BCUT2D eigenvalue weighted by Gasteiger charge is -2.42. The normalized spacial score (nSPS) is 23.9. The van der Waals surface area contributed by atoms with Crippen molar-refractivity contribution in [2.75, 3.05) is 50.7 Å². The molecule has 2 aromatic rings. The second-order valence-electron chi connectivity index (χ2n) is 7.58. The minimum Gasteiger partial charge on any atom is -0.313 e. The van der Waals surface area contributed by atoms with Crippen molar-refractivity contribution in [3.05, 3.63) is 36.0 Å². The predicted molar refractivity (Wildman–Crippen MR) is 108 cm³/mol. The van der Waals surface area contributed by atoms with Crippen molar-refractivity contribution in [1.82, 2.24) is 20.1 Å². The standard InChI is InChI=1S/C20H25N5OS/c26-19-17-12-21-5-8-24(17)9-10-25(19)20-22-13-18(27-20)16-4-1-3-15(11-16)14-23-6-2-7-23/h1,3-4,11,13,17,21H,2,5-10,12,14H2/t17-/m0/s1. The van der Waals surface area contributed by atoms with Crippen molar-refractivity contribution in [2.45, 2.75) is 19.0 Å². The fourth-order valence-electron chi connectivity index (χ4n) is 4.11. The largest absolute Gasteiger partial charge is 0.313 e. The van der Waals surface area contributed by atoms with Crippen LogP contribution in [0, 0.1) is 0 Å². The molecule has 7 heteroatoms. The van der Waals surface area contributed by atoms with Crippen molar-refractivity contribution in [3.63, 3.8) is 0 Å². The Morgan fingerprint density at radius 3 is 2.96 bits per heavy atom. The molecule has 4 heterocycles. The SMILES string of the molecule is O=C1[C@@H]2CNCCN2CCN1c1ncc(-c2cccc(CN3CCC3)c2)s1. The van der Waals surface area contributed by atoms with Crippen LogP contribution >= 0.6 is 11.3 Å². The van der Waals surface area contributed by atoms with Gasteiger partial charge in [-0.3, -0.25) is 19.5 Å². The van der Waals surface area contributed by atoms with Gasteiger partial charge in [0.15, 0.2) is 5.13 Å². The van der Waals surface area contributed by atoms with Gasteiger partial charge in [0.1, 0.15) is 6.04 Å². The first-order valence-electron chi connectivity index (χ1n) is 9.81. The van der Waals surface area contributed by atoms with E-state index in [4.69, 9.17) is 0 Å². The van der Waals surface area contributed by atoms with Crippen LogP contribution in [-0.4, -0.2) is 72.5 Å². The van der Waals surface area contributed by atoms with Crippen molar-refractivity contribution in [2.24, 2.45) is 0 Å². The average molecular weight is 384 g/mol. The van der Waals surface area contributed by atoms with Crippen LogP contribution < -0.4 is 10.2 Å². The number of nitrogens with one attached hydrogen (secondary N) is 1. The van der Waals surface area contributed by atoms with E-state index in [1.807, 2.05) is 11.1 Å². The molecular weight excluding hydrogens is 358 g/mol. The highest BCUT2D eigenvalue weighted by Gasteiger charge is 2.37. The van der Waals surface area contributed by atoms with Crippen LogP contribution in [0.5, 0.6) is 0 Å². The summed E-state index contributed by atoms with van der Waals surface area (Å²) in [7, 11) is 0. The summed E-state index contributed by atoms with van der Waals surface area (Å²) < 4.78 is 0. The molecule has 1 aromatic carbocycles. The number of carbonyl (C=O) groups excluding carboxylic acids is 1. The Morgan fingerprint density at radius 2 is 2.11 bits per heavy atom. The van der Waals surface area contributed by atoms with Crippen molar-refractivity contribution >= 4 is 22.4 Å². The Hall–Kier alpha value is -1.80. The number of piperazine rings is 2. The number of hydrogen-bond donors (Lipinski definition) is 1. The van der Waals surface area contributed by atoms with Crippen LogP contribution in [0.2, 0.25) is 0 Å². The fourth-order valence-corrected chi connectivity index (χ4v) is 5.05. The molecule has 5 rings (SSSR count). The molecule has 0 bridgehead atoms. The summed E-state index contributed by atoms with van der Waals surface area (Å²) in [5.74, 6) is 0.181. The lowest BCUT2D eigenvalue weighted by Crippen LogP contribution is -2.64. The number of rotatable bonds is 4. The first-order valence-corrected chi connectivity index (χ1v) is 10.6. The Bertz CT molecular complexity index is 833. The average Bonchev–Trinajstić information content (AvgIpc) is 3.15. The molecule has 0 spiro atoms. The molecule has 1 aromatic heterocycles. The zero-order valence-electron chi connectivity index (χ0n) is 15.4. The number of aromatic nitrogens is 1. The summed E-state index contributed by atoms with van der Waals surface area (Å²) in [6.07, 6.45) is 3.23. The zero-order valence-corrected chi connectivity index (χ0v) is 16.2. The number of likely N-dealkylation sites (tertiary alicyclic amines) is 1. The second kappa shape index (κ2) is 7.31. The van der Waals surface area contributed by atoms with E-state index in [1.165, 1.54) is 30.6 Å². The first kappa shape index (κ1) is 17.3. The summed E-state index contributed by atoms with van der Waals surface area (Å²) in [4.78, 5) is 25.3. The number of fused-ring (bicyclic) bond motifs is 1. The minimum atomic E-state index is -0.0419. The minimum absolute atomic E-state index is 0.0419. The third-order valence-corrected chi connectivity index (χ3v) is 6.88. The van der Waals surface area contributed by atoms with E-state index in [0.717, 1.165) is 49.3 Å². The van der Waals surface area contributed by atoms with E-state index < -0.39 is 0 Å². The quantitative estimate of drug-likeness (QED) is 0.870. The Balaban J connectivity index is 1.34. The number of benzene rings is 1. The van der Waals surface area contributed by atoms with Gasteiger partial charge in [-0.25, -0.2) is 4.98 Å². The third-order valence-electron chi connectivity index (χ3n) is 5.81. The predicted octanol–water partition coefficient (Wildman–Crippen LogP) is 1.64. The molecule has 0 saturated carbocycles. The molecule has 0 radical (unpaired) electrons. The van der Waals surface area contributed by atoms with E-state index in [1.54, 1.807) is 11.3 Å². The Kier molecular flexibility index (Phi) is 4.69. The summed E-state index contributed by atoms with van der Waals surface area (Å²) in [5, 5.41) is 4.17. The van der Waals surface area contributed by atoms with Gasteiger partial charge in [0.05, 0.1) is 4.88 Å². The summed E-state index contributed by atoms with van der Waals surface area (Å²) in [6, 6.07) is 8.69. The molecule has 3 aliphatic heterocycles. The topological polar surface area (TPSA) is 51.7 Å². The van der Waals surface area contributed by atoms with Gasteiger partial charge < -0.3 is 5.32 Å². The molecule has 6 nitrogen and oxygen atoms in total. The number of hydrogen-bond acceptors (Lipinski definition) is 6. The Morgan fingerprint density at radius 1 is 1.19 bits per heavy atom. The molecule has 27 heavy (non-hydrogen) atoms. The van der Waals surface area contributed by atoms with Crippen LogP contribution in [0.25, 0.3) is 10.4 Å². The summed E-state index contributed by atoms with van der Waals surface area (Å²) in [6.45, 7) is 7.77. The maximum absolute atomic E-state index is 12.9. The molecule has 3 aliphatic rings. The van der Waals surface area contributed by atoms with Gasteiger partial charge in [-0.05, 0) is 36.7 Å². The molecule has 0 aliphatic carbocycles. The van der Waals surface area contributed by atoms with Gasteiger partial charge in [0.2, 0.25) is 5.91 Å². The maximum atomic E-state index is 12.9. The van der Waals surface area contributed by atoms with Gasteiger partial charge in [-0.1, -0.05) is 29.5 Å². The van der Waals surface area contributed by atoms with Gasteiger partial charge >= 0.3 is 0 Å². The van der Waals surface area contributed by atoms with Crippen LogP contribution in [0.1, 0.15) is 12.0 Å². The molecule has 1 amide bonds. The number of nitrogens with zero attached hydrogens (tertiary/aromatic N) is 4.